The summed E-state index contributed by atoms with van der Waals surface area (Å²) in [5, 5.41) is 8.61. The van der Waals surface area contributed by atoms with Gasteiger partial charge in [-0.25, -0.2) is 9.78 Å². The first kappa shape index (κ1) is 14.5. The predicted molar refractivity (Wildman–Crippen MR) is 74.5 cm³/mol. The minimum Gasteiger partial charge on any atom is -0.462 e. The lowest BCUT2D eigenvalue weighted by atomic mass is 10.2. The molecule has 0 spiro atoms. The summed E-state index contributed by atoms with van der Waals surface area (Å²) < 4.78 is 10.1. The molecule has 1 aromatic carbocycles. The molecule has 21 heavy (non-hydrogen) atoms. The van der Waals surface area contributed by atoms with Crippen LogP contribution < -0.4 is 4.74 Å². The van der Waals surface area contributed by atoms with Crippen LogP contribution in [0.25, 0.3) is 11.4 Å². The van der Waals surface area contributed by atoms with Crippen molar-refractivity contribution < 1.29 is 14.3 Å². The maximum absolute atomic E-state index is 11.8. The van der Waals surface area contributed by atoms with Gasteiger partial charge in [-0.1, -0.05) is 30.3 Å². The van der Waals surface area contributed by atoms with Gasteiger partial charge in [-0.3, -0.25) is 0 Å². The normalized spacial score (nSPS) is 9.71. The van der Waals surface area contributed by atoms with Gasteiger partial charge in [0.1, 0.15) is 11.6 Å². The molecule has 0 aliphatic rings. The molecule has 0 radical (unpaired) electrons. The number of carbonyl (C=O) groups excluding carboxylic acids is 1. The van der Waals surface area contributed by atoms with E-state index >= 15 is 0 Å². The van der Waals surface area contributed by atoms with Crippen molar-refractivity contribution in [3.63, 3.8) is 0 Å². The molecule has 0 aliphatic carbocycles. The minimum absolute atomic E-state index is 0.0452. The number of nitriles is 1. The Hall–Kier alpha value is -2.94. The number of aromatic nitrogens is 2. The molecule has 0 fully saturated rings. The molecule has 0 bridgehead atoms. The first-order chi connectivity index (χ1) is 10.3. The second-order valence-electron chi connectivity index (χ2n) is 3.95. The highest BCUT2D eigenvalue weighted by atomic mass is 16.5. The molecular formula is C15H13N3O3. The molecule has 6 nitrogen and oxygen atoms in total. The van der Waals surface area contributed by atoms with E-state index in [0.29, 0.717) is 5.82 Å². The number of ether oxygens (including phenoxy) is 2. The van der Waals surface area contributed by atoms with Crippen LogP contribution in [-0.4, -0.2) is 29.2 Å². The number of nitrogens with zero attached hydrogens (tertiary/aromatic N) is 3. The van der Waals surface area contributed by atoms with E-state index in [1.165, 1.54) is 6.20 Å². The summed E-state index contributed by atoms with van der Waals surface area (Å²) in [7, 11) is 0. The van der Waals surface area contributed by atoms with E-state index in [1.807, 2.05) is 36.4 Å². The van der Waals surface area contributed by atoms with Gasteiger partial charge >= 0.3 is 5.97 Å². The van der Waals surface area contributed by atoms with Crippen LogP contribution in [0.3, 0.4) is 0 Å². The molecule has 1 heterocycles. The molecule has 0 atom stereocenters. The highest BCUT2D eigenvalue weighted by Gasteiger charge is 2.17. The number of hydrogen-bond donors (Lipinski definition) is 0. The second kappa shape index (κ2) is 7.01. The summed E-state index contributed by atoms with van der Waals surface area (Å²) in [5.41, 5.74) is 0.890. The SMILES string of the molecule is CCOC(=O)c1cnc(-c2ccccc2)nc1OCC#N. The highest BCUT2D eigenvalue weighted by molar-refractivity contribution is 5.91. The van der Waals surface area contributed by atoms with Crippen LogP contribution in [-0.2, 0) is 4.74 Å². The summed E-state index contributed by atoms with van der Waals surface area (Å²) in [4.78, 5) is 20.2. The third kappa shape index (κ3) is 3.54. The summed E-state index contributed by atoms with van der Waals surface area (Å²) in [6.07, 6.45) is 1.35. The van der Waals surface area contributed by atoms with Gasteiger partial charge in [0, 0.05) is 11.8 Å². The fourth-order valence-electron chi connectivity index (χ4n) is 1.65. The molecule has 0 amide bonds. The van der Waals surface area contributed by atoms with Crippen LogP contribution in [0.15, 0.2) is 36.5 Å². The fraction of sp³-hybridized carbons (Fsp3) is 0.200. The summed E-state index contributed by atoms with van der Waals surface area (Å²) >= 11 is 0. The van der Waals surface area contributed by atoms with Gasteiger partial charge in [-0.2, -0.15) is 10.2 Å². The molecule has 0 aliphatic heterocycles. The number of hydrogen-bond acceptors (Lipinski definition) is 6. The number of carbonyl (C=O) groups is 1. The zero-order valence-corrected chi connectivity index (χ0v) is 11.4. The van der Waals surface area contributed by atoms with E-state index < -0.39 is 5.97 Å². The van der Waals surface area contributed by atoms with Crippen molar-refractivity contribution in [1.29, 1.82) is 5.26 Å². The fourth-order valence-corrected chi connectivity index (χ4v) is 1.65. The van der Waals surface area contributed by atoms with Crippen LogP contribution >= 0.6 is 0 Å². The summed E-state index contributed by atoms with van der Waals surface area (Å²) in [6, 6.07) is 11.1. The van der Waals surface area contributed by atoms with E-state index in [1.54, 1.807) is 6.92 Å². The number of rotatable bonds is 5. The summed E-state index contributed by atoms with van der Waals surface area (Å²) in [5.74, 6) is -0.120. The minimum atomic E-state index is -0.579. The first-order valence-corrected chi connectivity index (χ1v) is 6.35. The molecule has 106 valence electrons. The topological polar surface area (TPSA) is 85.1 Å². The zero-order chi connectivity index (χ0) is 15.1. The van der Waals surface area contributed by atoms with Gasteiger partial charge in [-0.15, -0.1) is 0 Å². The Kier molecular flexibility index (Phi) is 4.83. The lowest BCUT2D eigenvalue weighted by molar-refractivity contribution is 0.0520. The van der Waals surface area contributed by atoms with Crippen LogP contribution in [0.1, 0.15) is 17.3 Å². The molecule has 0 saturated heterocycles. The van der Waals surface area contributed by atoms with Gasteiger partial charge in [-0.05, 0) is 6.92 Å². The van der Waals surface area contributed by atoms with Crippen molar-refractivity contribution in [1.82, 2.24) is 9.97 Å². The molecule has 0 saturated carbocycles. The Morgan fingerprint density at radius 2 is 2.10 bits per heavy atom. The van der Waals surface area contributed by atoms with E-state index in [2.05, 4.69) is 9.97 Å². The maximum atomic E-state index is 11.8. The van der Waals surface area contributed by atoms with Crippen LogP contribution in [0.5, 0.6) is 5.88 Å². The highest BCUT2D eigenvalue weighted by Crippen LogP contribution is 2.21. The number of benzene rings is 1. The molecule has 2 aromatic rings. The van der Waals surface area contributed by atoms with Crippen LogP contribution in [0, 0.1) is 11.3 Å². The van der Waals surface area contributed by atoms with Crippen molar-refractivity contribution in [2.75, 3.05) is 13.2 Å². The Labute approximate surface area is 122 Å². The molecule has 6 heteroatoms. The van der Waals surface area contributed by atoms with Gasteiger partial charge < -0.3 is 9.47 Å². The maximum Gasteiger partial charge on any atom is 0.345 e. The van der Waals surface area contributed by atoms with E-state index in [0.717, 1.165) is 5.56 Å². The Balaban J connectivity index is 2.40. The van der Waals surface area contributed by atoms with E-state index in [4.69, 9.17) is 14.7 Å². The van der Waals surface area contributed by atoms with E-state index in [9.17, 15) is 4.79 Å². The number of esters is 1. The zero-order valence-electron chi connectivity index (χ0n) is 11.4. The summed E-state index contributed by atoms with van der Waals surface area (Å²) in [6.45, 7) is 1.72. The van der Waals surface area contributed by atoms with Gasteiger partial charge in [0.25, 0.3) is 0 Å². The monoisotopic (exact) mass is 283 g/mol. The predicted octanol–water partition coefficient (Wildman–Crippen LogP) is 2.22. The standard InChI is InChI=1S/C15H13N3O3/c1-2-20-15(19)12-10-17-13(11-6-4-3-5-7-11)18-14(12)21-9-8-16/h3-7,10H,2,9H2,1H3. The largest absolute Gasteiger partial charge is 0.462 e. The average Bonchev–Trinajstić information content (AvgIpc) is 2.53. The third-order valence-corrected chi connectivity index (χ3v) is 2.55. The van der Waals surface area contributed by atoms with Crippen molar-refractivity contribution in [3.8, 4) is 23.3 Å². The first-order valence-electron chi connectivity index (χ1n) is 6.35. The Morgan fingerprint density at radius 3 is 2.76 bits per heavy atom. The lowest BCUT2D eigenvalue weighted by Gasteiger charge is -2.09. The van der Waals surface area contributed by atoms with Crippen molar-refractivity contribution >= 4 is 5.97 Å². The van der Waals surface area contributed by atoms with Crippen molar-refractivity contribution in [2.45, 2.75) is 6.92 Å². The van der Waals surface area contributed by atoms with E-state index in [-0.39, 0.29) is 24.7 Å². The van der Waals surface area contributed by atoms with Crippen LogP contribution in [0.4, 0.5) is 0 Å². The Morgan fingerprint density at radius 1 is 1.33 bits per heavy atom. The van der Waals surface area contributed by atoms with Crippen LogP contribution in [0.2, 0.25) is 0 Å². The van der Waals surface area contributed by atoms with Crippen molar-refractivity contribution in [3.05, 3.63) is 42.1 Å². The van der Waals surface area contributed by atoms with Crippen molar-refractivity contribution in [2.24, 2.45) is 0 Å². The third-order valence-electron chi connectivity index (χ3n) is 2.55. The molecule has 1 aromatic heterocycles. The quantitative estimate of drug-likeness (QED) is 0.782. The smallest absolute Gasteiger partial charge is 0.345 e. The van der Waals surface area contributed by atoms with Gasteiger partial charge in [0.05, 0.1) is 6.61 Å². The molecule has 0 N–H and O–H groups in total. The second-order valence-corrected chi connectivity index (χ2v) is 3.95. The Bertz CT molecular complexity index is 666. The molecule has 2 rings (SSSR count). The van der Waals surface area contributed by atoms with Gasteiger partial charge in [0.2, 0.25) is 5.88 Å². The average molecular weight is 283 g/mol. The van der Waals surface area contributed by atoms with Gasteiger partial charge in [0.15, 0.2) is 12.4 Å². The lowest BCUT2D eigenvalue weighted by Crippen LogP contribution is -2.11. The molecular weight excluding hydrogens is 270 g/mol. The molecule has 0 unspecified atom stereocenters.